The second-order valence-electron chi connectivity index (χ2n) is 25.3. The van der Waals surface area contributed by atoms with E-state index >= 15 is 0 Å². The fourth-order valence-electron chi connectivity index (χ4n) is 9.72. The van der Waals surface area contributed by atoms with Gasteiger partial charge < -0.3 is 33.8 Å². The van der Waals surface area contributed by atoms with E-state index in [0.717, 1.165) is 115 Å². The molecule has 0 heterocycles. The average molecular weight is 1260 g/mol. The number of phosphoric ester groups is 2. The molecule has 0 spiro atoms. The molecule has 0 saturated carbocycles. The first-order chi connectivity index (χ1) is 40.7. The lowest BCUT2D eigenvalue weighted by Crippen LogP contribution is -2.30. The summed E-state index contributed by atoms with van der Waals surface area (Å²) < 4.78 is 68.1. The van der Waals surface area contributed by atoms with Gasteiger partial charge in [0, 0.05) is 25.7 Å². The van der Waals surface area contributed by atoms with Crippen LogP contribution in [-0.4, -0.2) is 96.7 Å². The summed E-state index contributed by atoms with van der Waals surface area (Å²) >= 11 is 0. The van der Waals surface area contributed by atoms with Crippen LogP contribution in [-0.2, 0) is 65.4 Å². The van der Waals surface area contributed by atoms with Gasteiger partial charge in [0.15, 0.2) is 12.2 Å². The van der Waals surface area contributed by atoms with Gasteiger partial charge in [0.1, 0.15) is 19.3 Å². The van der Waals surface area contributed by atoms with Crippen LogP contribution in [0, 0.1) is 23.7 Å². The highest BCUT2D eigenvalue weighted by atomic mass is 31.2. The van der Waals surface area contributed by atoms with E-state index in [1.165, 1.54) is 109 Å². The van der Waals surface area contributed by atoms with Gasteiger partial charge in [0.2, 0.25) is 0 Å². The SMILES string of the molecule is CCC(C)CCCCCCCCCCCCC(=O)O[C@H](COC(=O)CCCCCCCCCC(C)C)COP(=O)(O)OC[C@@H](O)COP(=O)(O)OC[C@@H](COC(=O)CCCCCCCCC(C)C)OC(=O)CCCCCCCCCCC(C)CC. The van der Waals surface area contributed by atoms with Crippen LogP contribution in [0.2, 0.25) is 0 Å². The molecule has 7 atom stereocenters. The fourth-order valence-corrected chi connectivity index (χ4v) is 11.3. The summed E-state index contributed by atoms with van der Waals surface area (Å²) in [5.41, 5.74) is 0. The molecule has 0 bridgehead atoms. The Morgan fingerprint density at radius 1 is 0.329 bits per heavy atom. The zero-order chi connectivity index (χ0) is 63.2. The van der Waals surface area contributed by atoms with E-state index in [0.29, 0.717) is 37.5 Å². The Balaban J connectivity index is 5.26. The molecule has 0 aliphatic heterocycles. The van der Waals surface area contributed by atoms with Crippen molar-refractivity contribution in [2.45, 2.75) is 337 Å². The van der Waals surface area contributed by atoms with E-state index in [-0.39, 0.29) is 25.7 Å². The topological polar surface area (TPSA) is 237 Å². The van der Waals surface area contributed by atoms with Crippen LogP contribution in [0.1, 0.15) is 319 Å². The van der Waals surface area contributed by atoms with Gasteiger partial charge in [-0.1, -0.05) is 267 Å². The standard InChI is InChI=1S/C66H128O17P2/c1-9-58(7)44-36-28-19-13-11-12-14-21-32-40-48-65(70)82-61(52-76-63(68)46-38-30-23-17-18-26-34-42-56(3)4)54-80-84(72,73)78-50-60(67)51-79-85(74,75)81-55-62(53-77-64(69)47-39-31-25-24-27-35-43-57(5)6)83-66(71)49-41-33-22-16-15-20-29-37-45-59(8)10-2/h56-62,67H,9-55H2,1-8H3,(H,72,73)(H,74,75)/t58?,59?,60-,61-,62-/m1/s1. The van der Waals surface area contributed by atoms with E-state index in [1.807, 2.05) is 0 Å². The summed E-state index contributed by atoms with van der Waals surface area (Å²) in [5, 5.41) is 10.5. The number of carbonyl (C=O) groups is 4. The first-order valence-corrected chi connectivity index (χ1v) is 37.3. The second kappa shape index (κ2) is 56.1. The third-order valence-corrected chi connectivity index (χ3v) is 17.7. The zero-order valence-electron chi connectivity index (χ0n) is 55.2. The predicted octanol–water partition coefficient (Wildman–Crippen LogP) is 18.1. The van der Waals surface area contributed by atoms with Crippen molar-refractivity contribution >= 4 is 39.5 Å². The number of phosphoric acid groups is 2. The first kappa shape index (κ1) is 83.1. The predicted molar refractivity (Wildman–Crippen MR) is 340 cm³/mol. The van der Waals surface area contributed by atoms with Crippen LogP contribution in [0.4, 0.5) is 0 Å². The Kier molecular flexibility index (Phi) is 54.8. The Labute approximate surface area is 517 Å². The van der Waals surface area contributed by atoms with Gasteiger partial charge in [-0.05, 0) is 49.4 Å². The van der Waals surface area contributed by atoms with Gasteiger partial charge in [0.25, 0.3) is 0 Å². The maximum Gasteiger partial charge on any atom is 0.472 e. The van der Waals surface area contributed by atoms with Crippen LogP contribution in [0.5, 0.6) is 0 Å². The highest BCUT2D eigenvalue weighted by molar-refractivity contribution is 7.47. The van der Waals surface area contributed by atoms with Crippen molar-refractivity contribution in [2.75, 3.05) is 39.6 Å². The van der Waals surface area contributed by atoms with Crippen LogP contribution in [0.25, 0.3) is 0 Å². The monoisotopic (exact) mass is 1250 g/mol. The van der Waals surface area contributed by atoms with Crippen molar-refractivity contribution in [2.24, 2.45) is 23.7 Å². The van der Waals surface area contributed by atoms with Crippen molar-refractivity contribution < 1.29 is 80.2 Å². The van der Waals surface area contributed by atoms with E-state index in [4.69, 9.17) is 37.0 Å². The Hall–Kier alpha value is -1.94. The van der Waals surface area contributed by atoms with Crippen molar-refractivity contribution in [3.05, 3.63) is 0 Å². The highest BCUT2D eigenvalue weighted by Crippen LogP contribution is 2.45. The third-order valence-electron chi connectivity index (χ3n) is 15.8. The summed E-state index contributed by atoms with van der Waals surface area (Å²) in [6.45, 7) is 14.0. The molecule has 0 saturated heterocycles. The Morgan fingerprint density at radius 3 is 0.835 bits per heavy atom. The molecule has 85 heavy (non-hydrogen) atoms. The van der Waals surface area contributed by atoms with E-state index < -0.39 is 97.5 Å². The Bertz CT molecular complexity index is 1700. The number of esters is 4. The molecule has 0 aromatic carbocycles. The number of ether oxygens (including phenoxy) is 4. The van der Waals surface area contributed by atoms with Gasteiger partial charge in [0.05, 0.1) is 26.4 Å². The zero-order valence-corrected chi connectivity index (χ0v) is 57.0. The smallest absolute Gasteiger partial charge is 0.462 e. The first-order valence-electron chi connectivity index (χ1n) is 34.3. The van der Waals surface area contributed by atoms with Crippen molar-refractivity contribution in [1.29, 1.82) is 0 Å². The minimum atomic E-state index is -4.95. The van der Waals surface area contributed by atoms with Gasteiger partial charge in [-0.3, -0.25) is 37.3 Å². The lowest BCUT2D eigenvalue weighted by molar-refractivity contribution is -0.161. The third kappa shape index (κ3) is 58.2. The quantitative estimate of drug-likeness (QED) is 0.0222. The van der Waals surface area contributed by atoms with E-state index in [9.17, 15) is 43.2 Å². The number of hydrogen-bond donors (Lipinski definition) is 3. The van der Waals surface area contributed by atoms with Crippen LogP contribution in [0.3, 0.4) is 0 Å². The summed E-state index contributed by atoms with van der Waals surface area (Å²) in [7, 11) is -9.89. The molecule has 504 valence electrons. The van der Waals surface area contributed by atoms with E-state index in [2.05, 4.69) is 55.4 Å². The molecule has 0 fully saturated rings. The maximum atomic E-state index is 13.0. The molecule has 0 aromatic rings. The number of unbranched alkanes of at least 4 members (excludes halogenated alkanes) is 27. The van der Waals surface area contributed by atoms with Crippen LogP contribution >= 0.6 is 15.6 Å². The molecule has 0 amide bonds. The molecule has 19 heteroatoms. The number of aliphatic hydroxyl groups is 1. The van der Waals surface area contributed by atoms with Gasteiger partial charge >= 0.3 is 39.5 Å². The number of carbonyl (C=O) groups excluding carboxylic acids is 4. The minimum absolute atomic E-state index is 0.103. The average Bonchev–Trinajstić information content (AvgIpc) is 3.55. The molecular formula is C66H128O17P2. The molecule has 0 aliphatic carbocycles. The summed E-state index contributed by atoms with van der Waals surface area (Å²) in [5.74, 6) is 0.818. The molecule has 0 aliphatic rings. The number of rotatable bonds is 63. The fraction of sp³-hybridized carbons (Fsp3) is 0.939. The lowest BCUT2D eigenvalue weighted by atomic mass is 9.99. The molecule has 0 radical (unpaired) electrons. The van der Waals surface area contributed by atoms with Gasteiger partial charge in [-0.15, -0.1) is 0 Å². The van der Waals surface area contributed by atoms with Crippen LogP contribution < -0.4 is 0 Å². The number of hydrogen-bond acceptors (Lipinski definition) is 15. The molecule has 0 aromatic heterocycles. The molecule has 4 unspecified atom stereocenters. The molecular weight excluding hydrogens is 1130 g/mol. The molecule has 3 N–H and O–H groups in total. The maximum absolute atomic E-state index is 13.0. The normalized spacial score (nSPS) is 15.0. The van der Waals surface area contributed by atoms with Gasteiger partial charge in [-0.2, -0.15) is 0 Å². The minimum Gasteiger partial charge on any atom is -0.462 e. The second-order valence-corrected chi connectivity index (χ2v) is 28.2. The molecule has 0 rings (SSSR count). The van der Waals surface area contributed by atoms with Gasteiger partial charge in [-0.25, -0.2) is 9.13 Å². The Morgan fingerprint density at radius 2 is 0.565 bits per heavy atom. The number of aliphatic hydroxyl groups excluding tert-OH is 1. The summed E-state index contributed by atoms with van der Waals surface area (Å²) in [6.07, 6.45) is 36.3. The lowest BCUT2D eigenvalue weighted by Gasteiger charge is -2.21. The largest absolute Gasteiger partial charge is 0.472 e. The van der Waals surface area contributed by atoms with E-state index in [1.54, 1.807) is 0 Å². The highest BCUT2D eigenvalue weighted by Gasteiger charge is 2.30. The molecule has 17 nitrogen and oxygen atoms in total. The van der Waals surface area contributed by atoms with Crippen molar-refractivity contribution in [1.82, 2.24) is 0 Å². The summed E-state index contributed by atoms with van der Waals surface area (Å²) in [4.78, 5) is 72.3. The summed E-state index contributed by atoms with van der Waals surface area (Å²) in [6, 6.07) is 0. The van der Waals surface area contributed by atoms with Crippen molar-refractivity contribution in [3.63, 3.8) is 0 Å². The van der Waals surface area contributed by atoms with Crippen molar-refractivity contribution in [3.8, 4) is 0 Å². The van der Waals surface area contributed by atoms with Crippen LogP contribution in [0.15, 0.2) is 0 Å².